The number of halogens is 1. The van der Waals surface area contributed by atoms with Gasteiger partial charge in [-0.15, -0.1) is 0 Å². The Hall–Kier alpha value is -0.910. The van der Waals surface area contributed by atoms with Crippen LogP contribution in [0.3, 0.4) is 0 Å². The molecular weight excluding hydrogens is 308 g/mol. The minimum atomic E-state index is 0.421. The summed E-state index contributed by atoms with van der Waals surface area (Å²) in [7, 11) is 0. The van der Waals surface area contributed by atoms with Crippen LogP contribution in [0.15, 0.2) is 27.1 Å². The smallest absolute Gasteiger partial charge is 0.209 e. The summed E-state index contributed by atoms with van der Waals surface area (Å²) in [5.74, 6) is 1.33. The Bertz CT molecular complexity index is 564. The van der Waals surface area contributed by atoms with E-state index in [0.717, 1.165) is 41.1 Å². The van der Waals surface area contributed by atoms with E-state index in [2.05, 4.69) is 33.2 Å². The molecule has 1 aromatic heterocycles. The van der Waals surface area contributed by atoms with Crippen LogP contribution in [0.1, 0.15) is 19.2 Å². The third-order valence-electron chi connectivity index (χ3n) is 3.64. The lowest BCUT2D eigenvalue weighted by Gasteiger charge is -2.17. The van der Waals surface area contributed by atoms with Crippen molar-refractivity contribution in [1.29, 1.82) is 0 Å². The number of nitrogens with zero attached hydrogens (tertiary/aromatic N) is 1. The van der Waals surface area contributed by atoms with E-state index in [1.165, 1.54) is 0 Å². The first-order chi connectivity index (χ1) is 9.22. The van der Waals surface area contributed by atoms with Gasteiger partial charge in [0.05, 0.1) is 13.2 Å². The molecule has 5 heteroatoms. The number of ether oxygens (including phenoxy) is 1. The summed E-state index contributed by atoms with van der Waals surface area (Å²) in [5, 5.41) is 3.47. The van der Waals surface area contributed by atoms with Gasteiger partial charge in [0.1, 0.15) is 5.52 Å². The van der Waals surface area contributed by atoms with Gasteiger partial charge in [-0.1, -0.05) is 15.9 Å². The maximum Gasteiger partial charge on any atom is 0.209 e. The maximum absolute atomic E-state index is 5.73. The summed E-state index contributed by atoms with van der Waals surface area (Å²) in [6.45, 7) is 4.59. The highest BCUT2D eigenvalue weighted by Crippen LogP contribution is 2.21. The molecule has 2 unspecified atom stereocenters. The zero-order valence-electron chi connectivity index (χ0n) is 10.9. The number of rotatable bonds is 4. The third-order valence-corrected chi connectivity index (χ3v) is 4.14. The number of hydrogen-bond donors (Lipinski definition) is 1. The SMILES string of the molecule is CC(NCc1nc2ccc(Br)cc2o1)C1CCOC1. The van der Waals surface area contributed by atoms with Crippen molar-refractivity contribution < 1.29 is 9.15 Å². The summed E-state index contributed by atoms with van der Waals surface area (Å²) in [4.78, 5) is 4.47. The van der Waals surface area contributed by atoms with Crippen LogP contribution in [0.25, 0.3) is 11.1 Å². The van der Waals surface area contributed by atoms with Crippen LogP contribution in [0.4, 0.5) is 0 Å². The summed E-state index contributed by atoms with van der Waals surface area (Å²) >= 11 is 3.43. The van der Waals surface area contributed by atoms with Crippen molar-refractivity contribution in [3.05, 3.63) is 28.6 Å². The molecule has 1 fully saturated rings. The van der Waals surface area contributed by atoms with E-state index in [-0.39, 0.29) is 0 Å². The van der Waals surface area contributed by atoms with Gasteiger partial charge < -0.3 is 14.5 Å². The Morgan fingerprint density at radius 3 is 3.21 bits per heavy atom. The second kappa shape index (κ2) is 5.61. The fourth-order valence-corrected chi connectivity index (χ4v) is 2.72. The first kappa shape index (κ1) is 13.1. The van der Waals surface area contributed by atoms with Gasteiger partial charge in [0.2, 0.25) is 5.89 Å². The molecule has 1 N–H and O–H groups in total. The Labute approximate surface area is 120 Å². The highest BCUT2D eigenvalue weighted by molar-refractivity contribution is 9.10. The van der Waals surface area contributed by atoms with Gasteiger partial charge in [-0.2, -0.15) is 0 Å². The quantitative estimate of drug-likeness (QED) is 0.938. The number of nitrogens with one attached hydrogen (secondary N) is 1. The van der Waals surface area contributed by atoms with Gasteiger partial charge >= 0.3 is 0 Å². The van der Waals surface area contributed by atoms with E-state index >= 15 is 0 Å². The number of fused-ring (bicyclic) bond motifs is 1. The molecule has 1 aliphatic rings. The van der Waals surface area contributed by atoms with Crippen LogP contribution in [0, 0.1) is 5.92 Å². The lowest BCUT2D eigenvalue weighted by atomic mass is 10.0. The van der Waals surface area contributed by atoms with Gasteiger partial charge in [-0.05, 0) is 37.5 Å². The van der Waals surface area contributed by atoms with Crippen molar-refractivity contribution in [2.45, 2.75) is 25.9 Å². The van der Waals surface area contributed by atoms with Gasteiger partial charge in [-0.25, -0.2) is 4.98 Å². The van der Waals surface area contributed by atoms with Gasteiger partial charge in [0.25, 0.3) is 0 Å². The van der Waals surface area contributed by atoms with E-state index in [4.69, 9.17) is 9.15 Å². The standard InChI is InChI=1S/C14H17BrN2O2/c1-9(10-4-5-18-8-10)16-7-14-17-12-3-2-11(15)6-13(12)19-14/h2-3,6,9-10,16H,4-5,7-8H2,1H3. The minimum absolute atomic E-state index is 0.421. The lowest BCUT2D eigenvalue weighted by molar-refractivity contribution is 0.178. The first-order valence-corrected chi connectivity index (χ1v) is 7.38. The van der Waals surface area contributed by atoms with Crippen LogP contribution in [-0.2, 0) is 11.3 Å². The van der Waals surface area contributed by atoms with Gasteiger partial charge in [0.15, 0.2) is 5.58 Å². The summed E-state index contributed by atoms with van der Waals surface area (Å²) in [6.07, 6.45) is 1.13. The van der Waals surface area contributed by atoms with Crippen molar-refractivity contribution in [2.24, 2.45) is 5.92 Å². The Balaban J connectivity index is 1.64. The molecule has 2 aromatic rings. The lowest BCUT2D eigenvalue weighted by Crippen LogP contribution is -2.33. The molecule has 102 valence electrons. The monoisotopic (exact) mass is 324 g/mol. The normalized spacial score (nSPS) is 21.1. The zero-order valence-corrected chi connectivity index (χ0v) is 12.4. The van der Waals surface area contributed by atoms with E-state index in [0.29, 0.717) is 18.5 Å². The molecule has 3 rings (SSSR count). The van der Waals surface area contributed by atoms with Crippen LogP contribution >= 0.6 is 15.9 Å². The number of oxazole rings is 1. The molecule has 1 aromatic carbocycles. The van der Waals surface area contributed by atoms with Crippen molar-refractivity contribution in [2.75, 3.05) is 13.2 Å². The molecule has 0 spiro atoms. The molecule has 19 heavy (non-hydrogen) atoms. The molecule has 0 saturated carbocycles. The predicted molar refractivity (Wildman–Crippen MR) is 76.9 cm³/mol. The molecule has 0 radical (unpaired) electrons. The Morgan fingerprint density at radius 1 is 1.53 bits per heavy atom. The molecule has 0 amide bonds. The predicted octanol–water partition coefficient (Wildman–Crippen LogP) is 3.10. The molecule has 1 saturated heterocycles. The van der Waals surface area contributed by atoms with Crippen LogP contribution in [0.2, 0.25) is 0 Å². The minimum Gasteiger partial charge on any atom is -0.439 e. The number of hydrogen-bond acceptors (Lipinski definition) is 4. The third kappa shape index (κ3) is 2.99. The van der Waals surface area contributed by atoms with E-state index < -0.39 is 0 Å². The van der Waals surface area contributed by atoms with Crippen LogP contribution < -0.4 is 5.32 Å². The molecule has 2 heterocycles. The molecule has 0 aliphatic carbocycles. The molecule has 0 bridgehead atoms. The molecule has 4 nitrogen and oxygen atoms in total. The maximum atomic E-state index is 5.73. The van der Waals surface area contributed by atoms with Crippen molar-refractivity contribution in [3.63, 3.8) is 0 Å². The van der Waals surface area contributed by atoms with E-state index in [1.807, 2.05) is 18.2 Å². The fraction of sp³-hybridized carbons (Fsp3) is 0.500. The largest absolute Gasteiger partial charge is 0.439 e. The number of benzene rings is 1. The van der Waals surface area contributed by atoms with Gasteiger partial charge in [-0.3, -0.25) is 0 Å². The Morgan fingerprint density at radius 2 is 2.42 bits per heavy atom. The average molecular weight is 325 g/mol. The topological polar surface area (TPSA) is 47.3 Å². The van der Waals surface area contributed by atoms with Crippen molar-refractivity contribution in [1.82, 2.24) is 10.3 Å². The summed E-state index contributed by atoms with van der Waals surface area (Å²) in [5.41, 5.74) is 1.72. The fourth-order valence-electron chi connectivity index (χ4n) is 2.38. The number of aromatic nitrogens is 1. The molecule has 1 aliphatic heterocycles. The van der Waals surface area contributed by atoms with Crippen LogP contribution in [-0.4, -0.2) is 24.2 Å². The van der Waals surface area contributed by atoms with E-state index in [9.17, 15) is 0 Å². The highest BCUT2D eigenvalue weighted by atomic mass is 79.9. The zero-order chi connectivity index (χ0) is 13.2. The van der Waals surface area contributed by atoms with Gasteiger partial charge in [0, 0.05) is 17.1 Å². The first-order valence-electron chi connectivity index (χ1n) is 6.58. The average Bonchev–Trinajstić information content (AvgIpc) is 3.04. The van der Waals surface area contributed by atoms with E-state index in [1.54, 1.807) is 0 Å². The molecular formula is C14H17BrN2O2. The Kier molecular flexibility index (Phi) is 3.86. The second-order valence-corrected chi connectivity index (χ2v) is 5.93. The highest BCUT2D eigenvalue weighted by Gasteiger charge is 2.22. The summed E-state index contributed by atoms with van der Waals surface area (Å²) < 4.78 is 12.1. The molecule has 2 atom stereocenters. The summed E-state index contributed by atoms with van der Waals surface area (Å²) in [6, 6.07) is 6.30. The van der Waals surface area contributed by atoms with Crippen molar-refractivity contribution >= 4 is 27.0 Å². The second-order valence-electron chi connectivity index (χ2n) is 5.01. The van der Waals surface area contributed by atoms with Crippen LogP contribution in [0.5, 0.6) is 0 Å². The van der Waals surface area contributed by atoms with Crippen molar-refractivity contribution in [3.8, 4) is 0 Å².